The van der Waals surface area contributed by atoms with E-state index in [1.54, 1.807) is 0 Å². The molecule has 1 aliphatic rings. The van der Waals surface area contributed by atoms with Gasteiger partial charge in [0, 0.05) is 19.1 Å². The van der Waals surface area contributed by atoms with E-state index in [0.717, 1.165) is 39.0 Å². The van der Waals surface area contributed by atoms with E-state index in [-0.39, 0.29) is 11.9 Å². The highest BCUT2D eigenvalue weighted by atomic mass is 16.2. The largest absolute Gasteiger partial charge is 0.355 e. The van der Waals surface area contributed by atoms with Crippen LogP contribution in [-0.4, -0.2) is 49.1 Å². The van der Waals surface area contributed by atoms with Gasteiger partial charge in [0.1, 0.15) is 0 Å². The summed E-state index contributed by atoms with van der Waals surface area (Å²) in [5.74, 6) is 0.163. The molecule has 1 fully saturated rings. The Morgan fingerprint density at radius 3 is 2.81 bits per heavy atom. The summed E-state index contributed by atoms with van der Waals surface area (Å²) in [6.07, 6.45) is 2.15. The summed E-state index contributed by atoms with van der Waals surface area (Å²) in [5, 5.41) is 6.32. The van der Waals surface area contributed by atoms with Crippen molar-refractivity contribution in [3.05, 3.63) is 0 Å². The van der Waals surface area contributed by atoms with Gasteiger partial charge in [0.2, 0.25) is 5.91 Å². The minimum absolute atomic E-state index is 0.0125. The highest BCUT2D eigenvalue weighted by Crippen LogP contribution is 2.12. The fourth-order valence-electron chi connectivity index (χ4n) is 2.32. The molecular formula is C12H25N3O. The molecule has 0 aromatic rings. The van der Waals surface area contributed by atoms with Gasteiger partial charge >= 0.3 is 0 Å². The van der Waals surface area contributed by atoms with Crippen molar-refractivity contribution in [2.45, 2.75) is 45.7 Å². The van der Waals surface area contributed by atoms with Gasteiger partial charge in [0.25, 0.3) is 0 Å². The van der Waals surface area contributed by atoms with Crippen molar-refractivity contribution in [3.8, 4) is 0 Å². The van der Waals surface area contributed by atoms with E-state index in [1.165, 1.54) is 0 Å². The zero-order valence-electron chi connectivity index (χ0n) is 10.8. The van der Waals surface area contributed by atoms with Crippen molar-refractivity contribution in [3.63, 3.8) is 0 Å². The minimum Gasteiger partial charge on any atom is -0.355 e. The highest BCUT2D eigenvalue weighted by Gasteiger charge is 2.28. The highest BCUT2D eigenvalue weighted by molar-refractivity contribution is 5.81. The van der Waals surface area contributed by atoms with Gasteiger partial charge in [-0.15, -0.1) is 0 Å². The van der Waals surface area contributed by atoms with Crippen molar-refractivity contribution < 1.29 is 4.79 Å². The number of hydrogen-bond acceptors (Lipinski definition) is 3. The predicted octanol–water partition coefficient (Wildman–Crippen LogP) is 0.585. The molecule has 1 heterocycles. The molecule has 94 valence electrons. The lowest BCUT2D eigenvalue weighted by atomic mass is 10.1. The summed E-state index contributed by atoms with van der Waals surface area (Å²) in [6.45, 7) is 10.0. The van der Waals surface area contributed by atoms with E-state index < -0.39 is 0 Å². The van der Waals surface area contributed by atoms with Gasteiger partial charge in [-0.05, 0) is 32.9 Å². The first kappa shape index (κ1) is 13.5. The summed E-state index contributed by atoms with van der Waals surface area (Å²) in [5.41, 5.74) is 0. The third-order valence-corrected chi connectivity index (χ3v) is 3.29. The molecule has 0 aromatic carbocycles. The van der Waals surface area contributed by atoms with Crippen molar-refractivity contribution in [1.82, 2.24) is 15.5 Å². The minimum atomic E-state index is -0.0125. The van der Waals surface area contributed by atoms with Crippen LogP contribution in [0, 0.1) is 0 Å². The number of amides is 1. The van der Waals surface area contributed by atoms with E-state index in [4.69, 9.17) is 0 Å². The first-order chi connectivity index (χ1) is 7.70. The Balaban J connectivity index is 2.47. The Bertz CT molecular complexity index is 214. The Labute approximate surface area is 98.8 Å². The third kappa shape index (κ3) is 3.46. The molecular weight excluding hydrogens is 202 g/mol. The van der Waals surface area contributed by atoms with Crippen LogP contribution in [0.2, 0.25) is 0 Å². The Hall–Kier alpha value is -0.610. The first-order valence-corrected chi connectivity index (χ1v) is 6.44. The van der Waals surface area contributed by atoms with Crippen LogP contribution in [0.15, 0.2) is 0 Å². The number of nitrogens with zero attached hydrogens (tertiary/aromatic N) is 1. The molecule has 0 saturated carbocycles. The van der Waals surface area contributed by atoms with Gasteiger partial charge in [-0.25, -0.2) is 0 Å². The summed E-state index contributed by atoms with van der Waals surface area (Å²) < 4.78 is 0. The molecule has 2 N–H and O–H groups in total. The van der Waals surface area contributed by atoms with Crippen molar-refractivity contribution >= 4 is 5.91 Å². The zero-order valence-corrected chi connectivity index (χ0v) is 10.8. The fourth-order valence-corrected chi connectivity index (χ4v) is 2.32. The maximum Gasteiger partial charge on any atom is 0.237 e. The van der Waals surface area contributed by atoms with Crippen LogP contribution in [0.1, 0.15) is 33.6 Å². The van der Waals surface area contributed by atoms with Gasteiger partial charge < -0.3 is 10.6 Å². The van der Waals surface area contributed by atoms with Crippen LogP contribution in [0.4, 0.5) is 0 Å². The first-order valence-electron chi connectivity index (χ1n) is 6.44. The topological polar surface area (TPSA) is 44.4 Å². The maximum atomic E-state index is 11.9. The maximum absolute atomic E-state index is 11.9. The summed E-state index contributed by atoms with van der Waals surface area (Å²) in [6, 6.07) is 0.508. The van der Waals surface area contributed by atoms with Crippen molar-refractivity contribution in [1.29, 1.82) is 0 Å². The Morgan fingerprint density at radius 1 is 1.56 bits per heavy atom. The second-order valence-corrected chi connectivity index (χ2v) is 4.44. The average Bonchev–Trinajstić information content (AvgIpc) is 2.80. The molecule has 1 saturated heterocycles. The Morgan fingerprint density at radius 2 is 2.31 bits per heavy atom. The lowest BCUT2D eigenvalue weighted by Crippen LogP contribution is -2.50. The predicted molar refractivity (Wildman–Crippen MR) is 66.4 cm³/mol. The third-order valence-electron chi connectivity index (χ3n) is 3.29. The lowest BCUT2D eigenvalue weighted by molar-refractivity contribution is -0.126. The molecule has 1 rings (SSSR count). The van der Waals surface area contributed by atoms with Gasteiger partial charge in [-0.2, -0.15) is 0 Å². The number of rotatable bonds is 6. The van der Waals surface area contributed by atoms with Crippen molar-refractivity contribution in [2.75, 3.05) is 26.2 Å². The van der Waals surface area contributed by atoms with Gasteiger partial charge in [-0.3, -0.25) is 9.69 Å². The van der Waals surface area contributed by atoms with Gasteiger partial charge in [0.05, 0.1) is 6.04 Å². The summed E-state index contributed by atoms with van der Waals surface area (Å²) >= 11 is 0. The van der Waals surface area contributed by atoms with Crippen LogP contribution in [0.3, 0.4) is 0 Å². The van der Waals surface area contributed by atoms with Gasteiger partial charge in [-0.1, -0.05) is 13.8 Å². The van der Waals surface area contributed by atoms with Crippen LogP contribution in [-0.2, 0) is 4.79 Å². The van der Waals surface area contributed by atoms with Gasteiger partial charge in [0.15, 0.2) is 0 Å². The monoisotopic (exact) mass is 227 g/mol. The standard InChI is InChI=1S/C12H25N3O/c1-4-7-14-12(16)10(3)15(5-2)11-6-8-13-9-11/h10-11,13H,4-9H2,1-3H3,(H,14,16). The van der Waals surface area contributed by atoms with E-state index in [2.05, 4.69) is 29.4 Å². The van der Waals surface area contributed by atoms with Crippen LogP contribution in [0.25, 0.3) is 0 Å². The van der Waals surface area contributed by atoms with E-state index in [1.807, 2.05) is 6.92 Å². The quantitative estimate of drug-likeness (QED) is 0.698. The van der Waals surface area contributed by atoms with Crippen molar-refractivity contribution in [2.24, 2.45) is 0 Å². The molecule has 0 spiro atoms. The van der Waals surface area contributed by atoms with E-state index in [0.29, 0.717) is 6.04 Å². The van der Waals surface area contributed by atoms with E-state index in [9.17, 15) is 4.79 Å². The molecule has 0 bridgehead atoms. The SMILES string of the molecule is CCCNC(=O)C(C)N(CC)C1CCNC1. The molecule has 0 radical (unpaired) electrons. The molecule has 1 aliphatic heterocycles. The molecule has 0 aromatic heterocycles. The number of nitrogens with one attached hydrogen (secondary N) is 2. The number of carbonyl (C=O) groups is 1. The average molecular weight is 227 g/mol. The van der Waals surface area contributed by atoms with Crippen LogP contribution < -0.4 is 10.6 Å². The fraction of sp³-hybridized carbons (Fsp3) is 0.917. The summed E-state index contributed by atoms with van der Waals surface area (Å²) in [7, 11) is 0. The van der Waals surface area contributed by atoms with E-state index >= 15 is 0 Å². The molecule has 4 heteroatoms. The lowest BCUT2D eigenvalue weighted by Gasteiger charge is -2.32. The smallest absolute Gasteiger partial charge is 0.237 e. The number of hydrogen-bond donors (Lipinski definition) is 2. The van der Waals surface area contributed by atoms with Crippen LogP contribution >= 0.6 is 0 Å². The molecule has 4 nitrogen and oxygen atoms in total. The molecule has 2 unspecified atom stereocenters. The van der Waals surface area contributed by atoms with Crippen LogP contribution in [0.5, 0.6) is 0 Å². The molecule has 0 aliphatic carbocycles. The number of carbonyl (C=O) groups excluding carboxylic acids is 1. The second kappa shape index (κ2) is 6.86. The summed E-state index contributed by atoms with van der Waals surface area (Å²) in [4.78, 5) is 14.2. The Kier molecular flexibility index (Phi) is 5.77. The second-order valence-electron chi connectivity index (χ2n) is 4.44. The molecule has 2 atom stereocenters. The number of likely N-dealkylation sites (N-methyl/N-ethyl adjacent to an activating group) is 1. The molecule has 16 heavy (non-hydrogen) atoms. The zero-order chi connectivity index (χ0) is 12.0. The molecule has 1 amide bonds. The normalized spacial score (nSPS) is 22.4.